The van der Waals surface area contributed by atoms with Gasteiger partial charge in [-0.05, 0) is 37.1 Å². The number of rotatable bonds is 6. The summed E-state index contributed by atoms with van der Waals surface area (Å²) in [5, 5.41) is 13.6. The average Bonchev–Trinajstić information content (AvgIpc) is 3.08. The molecule has 0 amide bonds. The van der Waals surface area contributed by atoms with Gasteiger partial charge in [0.2, 0.25) is 11.7 Å². The lowest BCUT2D eigenvalue weighted by Crippen LogP contribution is -2.39. The van der Waals surface area contributed by atoms with Crippen LogP contribution in [0.5, 0.6) is 0 Å². The SMILES string of the molecule is N#CCCN(Cc1nc(-c2ccc(Cl)cc2)no1)C1CCOCC1. The summed E-state index contributed by atoms with van der Waals surface area (Å²) in [5.74, 6) is 1.11. The summed E-state index contributed by atoms with van der Waals surface area (Å²) in [6.45, 7) is 2.76. The molecule has 1 aliphatic rings. The Bertz CT molecular complexity index is 689. The predicted octanol–water partition coefficient (Wildman–Crippen LogP) is 3.28. The minimum Gasteiger partial charge on any atom is -0.381 e. The highest BCUT2D eigenvalue weighted by Gasteiger charge is 2.23. The fourth-order valence-corrected chi connectivity index (χ4v) is 2.97. The van der Waals surface area contributed by atoms with Crippen molar-refractivity contribution in [3.05, 3.63) is 35.2 Å². The zero-order valence-corrected chi connectivity index (χ0v) is 14.1. The van der Waals surface area contributed by atoms with Gasteiger partial charge in [0.1, 0.15) is 0 Å². The molecule has 3 rings (SSSR count). The molecule has 1 aromatic carbocycles. The van der Waals surface area contributed by atoms with Gasteiger partial charge in [-0.25, -0.2) is 0 Å². The van der Waals surface area contributed by atoms with E-state index in [9.17, 15) is 0 Å². The fraction of sp³-hybridized carbons (Fsp3) is 0.471. The zero-order valence-electron chi connectivity index (χ0n) is 13.3. The monoisotopic (exact) mass is 346 g/mol. The molecule has 2 heterocycles. The lowest BCUT2D eigenvalue weighted by Gasteiger charge is -2.32. The standard InChI is InChI=1S/C17H19ClN4O2/c18-14-4-2-13(3-5-14)17-20-16(24-21-17)12-22(9-1-8-19)15-6-10-23-11-7-15/h2-5,15H,1,6-7,9-12H2. The number of nitrogens with zero attached hydrogens (tertiary/aromatic N) is 4. The molecule has 126 valence electrons. The van der Waals surface area contributed by atoms with Crippen LogP contribution in [-0.4, -0.2) is 40.8 Å². The Labute approximate surface area is 146 Å². The summed E-state index contributed by atoms with van der Waals surface area (Å²) in [7, 11) is 0. The van der Waals surface area contributed by atoms with E-state index >= 15 is 0 Å². The van der Waals surface area contributed by atoms with Gasteiger partial charge >= 0.3 is 0 Å². The molecule has 1 fully saturated rings. The number of ether oxygens (including phenoxy) is 1. The number of halogens is 1. The van der Waals surface area contributed by atoms with Gasteiger partial charge < -0.3 is 9.26 Å². The maximum atomic E-state index is 8.89. The quantitative estimate of drug-likeness (QED) is 0.799. The van der Waals surface area contributed by atoms with Crippen LogP contribution in [0.4, 0.5) is 0 Å². The summed E-state index contributed by atoms with van der Waals surface area (Å²) in [6, 6.07) is 9.92. The van der Waals surface area contributed by atoms with E-state index in [1.54, 1.807) is 12.1 Å². The zero-order chi connectivity index (χ0) is 16.8. The Hall–Kier alpha value is -1.94. The lowest BCUT2D eigenvalue weighted by molar-refractivity contribution is 0.0281. The molecule has 1 aliphatic heterocycles. The van der Waals surface area contributed by atoms with Crippen molar-refractivity contribution in [1.82, 2.24) is 15.0 Å². The van der Waals surface area contributed by atoms with Crippen LogP contribution in [-0.2, 0) is 11.3 Å². The van der Waals surface area contributed by atoms with E-state index in [4.69, 9.17) is 26.1 Å². The Morgan fingerprint density at radius 1 is 1.25 bits per heavy atom. The van der Waals surface area contributed by atoms with Gasteiger partial charge in [-0.2, -0.15) is 10.2 Å². The molecule has 0 bridgehead atoms. The van der Waals surface area contributed by atoms with Gasteiger partial charge in [0.25, 0.3) is 0 Å². The van der Waals surface area contributed by atoms with Crippen LogP contribution in [0.25, 0.3) is 11.4 Å². The molecule has 0 aliphatic carbocycles. The number of benzene rings is 1. The Balaban J connectivity index is 1.70. The number of hydrogen-bond donors (Lipinski definition) is 0. The second-order valence-corrected chi connectivity index (χ2v) is 6.18. The first-order chi connectivity index (χ1) is 11.8. The van der Waals surface area contributed by atoms with E-state index in [0.29, 0.717) is 42.3 Å². The van der Waals surface area contributed by atoms with Crippen molar-refractivity contribution < 1.29 is 9.26 Å². The Morgan fingerprint density at radius 3 is 2.71 bits per heavy atom. The predicted molar refractivity (Wildman–Crippen MR) is 89.2 cm³/mol. The topological polar surface area (TPSA) is 75.2 Å². The molecule has 0 N–H and O–H groups in total. The third kappa shape index (κ3) is 4.32. The van der Waals surface area contributed by atoms with Crippen molar-refractivity contribution in [2.75, 3.05) is 19.8 Å². The van der Waals surface area contributed by atoms with Crippen LogP contribution in [0.3, 0.4) is 0 Å². The Morgan fingerprint density at radius 2 is 2.00 bits per heavy atom. The van der Waals surface area contributed by atoms with Crippen molar-refractivity contribution in [3.63, 3.8) is 0 Å². The van der Waals surface area contributed by atoms with Crippen molar-refractivity contribution in [1.29, 1.82) is 5.26 Å². The van der Waals surface area contributed by atoms with Crippen LogP contribution in [0.1, 0.15) is 25.2 Å². The molecule has 2 aromatic rings. The van der Waals surface area contributed by atoms with Gasteiger partial charge in [-0.1, -0.05) is 16.8 Å². The first kappa shape index (κ1) is 16.9. The van der Waals surface area contributed by atoms with Crippen molar-refractivity contribution in [3.8, 4) is 17.5 Å². The van der Waals surface area contributed by atoms with Crippen LogP contribution in [0, 0.1) is 11.3 Å². The smallest absolute Gasteiger partial charge is 0.241 e. The minimum absolute atomic E-state index is 0.387. The first-order valence-electron chi connectivity index (χ1n) is 8.03. The molecule has 6 nitrogen and oxygen atoms in total. The van der Waals surface area contributed by atoms with Crippen LogP contribution in [0.15, 0.2) is 28.8 Å². The van der Waals surface area contributed by atoms with Gasteiger partial charge in [-0.3, -0.25) is 4.90 Å². The summed E-state index contributed by atoms with van der Waals surface area (Å²) in [6.07, 6.45) is 2.41. The molecule has 0 atom stereocenters. The maximum absolute atomic E-state index is 8.89. The number of nitriles is 1. The van der Waals surface area contributed by atoms with E-state index in [0.717, 1.165) is 31.6 Å². The van der Waals surface area contributed by atoms with Gasteiger partial charge in [0, 0.05) is 42.8 Å². The van der Waals surface area contributed by atoms with Gasteiger partial charge in [0.05, 0.1) is 12.6 Å². The molecular weight excluding hydrogens is 328 g/mol. The van der Waals surface area contributed by atoms with Crippen molar-refractivity contribution in [2.45, 2.75) is 31.8 Å². The van der Waals surface area contributed by atoms with E-state index in [-0.39, 0.29) is 0 Å². The summed E-state index contributed by atoms with van der Waals surface area (Å²) in [4.78, 5) is 6.72. The van der Waals surface area contributed by atoms with Gasteiger partial charge in [-0.15, -0.1) is 0 Å². The van der Waals surface area contributed by atoms with Gasteiger partial charge in [0.15, 0.2) is 0 Å². The number of aromatic nitrogens is 2. The molecule has 1 saturated heterocycles. The second-order valence-electron chi connectivity index (χ2n) is 5.74. The largest absolute Gasteiger partial charge is 0.381 e. The van der Waals surface area contributed by atoms with E-state index < -0.39 is 0 Å². The Kier molecular flexibility index (Phi) is 5.81. The van der Waals surface area contributed by atoms with E-state index in [1.807, 2.05) is 12.1 Å². The summed E-state index contributed by atoms with van der Waals surface area (Å²) < 4.78 is 10.8. The normalized spacial score (nSPS) is 15.5. The van der Waals surface area contributed by atoms with Crippen LogP contribution in [0.2, 0.25) is 5.02 Å². The highest BCUT2D eigenvalue weighted by Crippen LogP contribution is 2.21. The molecular formula is C17H19ClN4O2. The fourth-order valence-electron chi connectivity index (χ4n) is 2.84. The minimum atomic E-state index is 0.387. The van der Waals surface area contributed by atoms with Crippen molar-refractivity contribution >= 4 is 11.6 Å². The molecule has 0 saturated carbocycles. The molecule has 0 spiro atoms. The average molecular weight is 347 g/mol. The second kappa shape index (κ2) is 8.25. The van der Waals surface area contributed by atoms with E-state index in [1.165, 1.54) is 0 Å². The third-order valence-corrected chi connectivity index (χ3v) is 4.38. The molecule has 0 unspecified atom stereocenters. The molecule has 1 aromatic heterocycles. The molecule has 0 radical (unpaired) electrons. The maximum Gasteiger partial charge on any atom is 0.241 e. The number of hydrogen-bond acceptors (Lipinski definition) is 6. The first-order valence-corrected chi connectivity index (χ1v) is 8.41. The summed E-state index contributed by atoms with van der Waals surface area (Å²) >= 11 is 5.90. The highest BCUT2D eigenvalue weighted by molar-refractivity contribution is 6.30. The van der Waals surface area contributed by atoms with Crippen LogP contribution >= 0.6 is 11.6 Å². The summed E-state index contributed by atoms with van der Waals surface area (Å²) in [5.41, 5.74) is 0.865. The van der Waals surface area contributed by atoms with E-state index in [2.05, 4.69) is 21.1 Å². The lowest BCUT2D eigenvalue weighted by atomic mass is 10.1. The highest BCUT2D eigenvalue weighted by atomic mass is 35.5. The third-order valence-electron chi connectivity index (χ3n) is 4.13. The van der Waals surface area contributed by atoms with Crippen molar-refractivity contribution in [2.24, 2.45) is 0 Å². The molecule has 7 heteroatoms. The van der Waals surface area contributed by atoms with Crippen LogP contribution < -0.4 is 0 Å². The molecule has 24 heavy (non-hydrogen) atoms.